The minimum atomic E-state index is -0.584. The number of hydrogen-bond donors (Lipinski definition) is 1. The average molecular weight is 414 g/mol. The third kappa shape index (κ3) is 3.83. The molecule has 2 aromatic carbocycles. The van der Waals surface area contributed by atoms with E-state index in [4.69, 9.17) is 11.6 Å². The van der Waals surface area contributed by atoms with Gasteiger partial charge in [0, 0.05) is 5.02 Å². The van der Waals surface area contributed by atoms with Crippen molar-refractivity contribution in [2.24, 2.45) is 0 Å². The number of aromatic nitrogens is 4. The van der Waals surface area contributed by atoms with E-state index in [1.54, 1.807) is 10.9 Å². The predicted molar refractivity (Wildman–Crippen MR) is 107 cm³/mol. The average Bonchev–Trinajstić information content (AvgIpc) is 3.14. The zero-order chi connectivity index (χ0) is 19.5. The standard InChI is InChI=1S/C19H13ClFN5OS/c20-12-6-7-16(15(21)8-12)25-17(27)10-28-19-14-9-24-26(18(14)22-11-23-19)13-4-2-1-3-5-13/h1-9,11H,10H2,(H,25,27). The van der Waals surface area contributed by atoms with Crippen LogP contribution in [0, 0.1) is 5.82 Å². The molecule has 1 amide bonds. The zero-order valence-electron chi connectivity index (χ0n) is 14.3. The quantitative estimate of drug-likeness (QED) is 0.389. The summed E-state index contributed by atoms with van der Waals surface area (Å²) in [5.41, 5.74) is 1.61. The zero-order valence-corrected chi connectivity index (χ0v) is 15.9. The molecule has 2 aromatic heterocycles. The monoisotopic (exact) mass is 413 g/mol. The number of nitrogens with one attached hydrogen (secondary N) is 1. The van der Waals surface area contributed by atoms with Crippen LogP contribution in [0.4, 0.5) is 10.1 Å². The van der Waals surface area contributed by atoms with Gasteiger partial charge in [0.05, 0.1) is 28.7 Å². The van der Waals surface area contributed by atoms with Crippen molar-refractivity contribution in [3.63, 3.8) is 0 Å². The lowest BCUT2D eigenvalue weighted by Crippen LogP contribution is -2.15. The summed E-state index contributed by atoms with van der Waals surface area (Å²) in [6, 6.07) is 13.7. The van der Waals surface area contributed by atoms with E-state index in [0.717, 1.165) is 17.1 Å². The molecule has 0 aliphatic heterocycles. The number of para-hydroxylation sites is 1. The molecule has 0 bridgehead atoms. The molecule has 0 aliphatic carbocycles. The van der Waals surface area contributed by atoms with Gasteiger partial charge in [-0.05, 0) is 30.3 Å². The molecule has 28 heavy (non-hydrogen) atoms. The SMILES string of the molecule is O=C(CSc1ncnc2c1cnn2-c1ccccc1)Nc1ccc(Cl)cc1F. The number of carbonyl (C=O) groups excluding carboxylic acids is 1. The van der Waals surface area contributed by atoms with Crippen molar-refractivity contribution in [2.45, 2.75) is 5.03 Å². The summed E-state index contributed by atoms with van der Waals surface area (Å²) in [7, 11) is 0. The van der Waals surface area contributed by atoms with Crippen molar-refractivity contribution in [1.29, 1.82) is 0 Å². The van der Waals surface area contributed by atoms with Crippen LogP contribution in [-0.2, 0) is 4.79 Å². The van der Waals surface area contributed by atoms with Crippen molar-refractivity contribution in [1.82, 2.24) is 19.7 Å². The van der Waals surface area contributed by atoms with Crippen molar-refractivity contribution in [2.75, 3.05) is 11.1 Å². The Morgan fingerprint density at radius 2 is 2.00 bits per heavy atom. The number of halogens is 2. The Balaban J connectivity index is 1.51. The Morgan fingerprint density at radius 1 is 1.18 bits per heavy atom. The fourth-order valence-electron chi connectivity index (χ4n) is 2.61. The van der Waals surface area contributed by atoms with Gasteiger partial charge >= 0.3 is 0 Å². The molecule has 0 atom stereocenters. The number of nitrogens with zero attached hydrogens (tertiary/aromatic N) is 4. The van der Waals surface area contributed by atoms with Crippen molar-refractivity contribution in [3.05, 3.63) is 71.9 Å². The number of amides is 1. The summed E-state index contributed by atoms with van der Waals surface area (Å²) >= 11 is 6.95. The van der Waals surface area contributed by atoms with Gasteiger partial charge in [0.25, 0.3) is 0 Å². The second-order valence-corrected chi connectivity index (χ2v) is 7.17. The lowest BCUT2D eigenvalue weighted by atomic mass is 10.3. The summed E-state index contributed by atoms with van der Waals surface area (Å²) in [5.74, 6) is -0.877. The van der Waals surface area contributed by atoms with Gasteiger partial charge < -0.3 is 5.32 Å². The summed E-state index contributed by atoms with van der Waals surface area (Å²) in [6.07, 6.45) is 3.10. The van der Waals surface area contributed by atoms with Crippen LogP contribution in [0.15, 0.2) is 66.1 Å². The van der Waals surface area contributed by atoms with Crippen molar-refractivity contribution < 1.29 is 9.18 Å². The van der Waals surface area contributed by atoms with E-state index >= 15 is 0 Å². The number of carbonyl (C=O) groups is 1. The summed E-state index contributed by atoms with van der Waals surface area (Å²) in [5, 5.41) is 8.54. The second-order valence-electron chi connectivity index (χ2n) is 5.77. The second kappa shape index (κ2) is 7.95. The maximum Gasteiger partial charge on any atom is 0.234 e. The first-order valence-electron chi connectivity index (χ1n) is 8.23. The summed E-state index contributed by atoms with van der Waals surface area (Å²) in [6.45, 7) is 0. The van der Waals surface area contributed by atoms with Crippen LogP contribution in [0.2, 0.25) is 5.02 Å². The molecule has 0 spiro atoms. The lowest BCUT2D eigenvalue weighted by molar-refractivity contribution is -0.113. The molecule has 0 saturated carbocycles. The van der Waals surface area contributed by atoms with Crippen molar-refractivity contribution >= 4 is 46.0 Å². The normalized spacial score (nSPS) is 10.9. The number of hydrogen-bond acceptors (Lipinski definition) is 5. The predicted octanol–water partition coefficient (Wildman–Crippen LogP) is 4.34. The van der Waals surface area contributed by atoms with Gasteiger partial charge in [-0.3, -0.25) is 4.79 Å². The Hall–Kier alpha value is -2.97. The minimum Gasteiger partial charge on any atom is -0.323 e. The smallest absolute Gasteiger partial charge is 0.234 e. The highest BCUT2D eigenvalue weighted by Crippen LogP contribution is 2.26. The van der Waals surface area contributed by atoms with Crippen LogP contribution in [0.5, 0.6) is 0 Å². The van der Waals surface area contributed by atoms with Crippen LogP contribution < -0.4 is 5.32 Å². The molecule has 4 aromatic rings. The fourth-order valence-corrected chi connectivity index (χ4v) is 3.53. The van der Waals surface area contributed by atoms with Crippen LogP contribution in [0.1, 0.15) is 0 Å². The number of fused-ring (bicyclic) bond motifs is 1. The Morgan fingerprint density at radius 3 is 2.79 bits per heavy atom. The highest BCUT2D eigenvalue weighted by Gasteiger charge is 2.14. The molecule has 9 heteroatoms. The molecule has 0 unspecified atom stereocenters. The van der Waals surface area contributed by atoms with E-state index in [0.29, 0.717) is 10.7 Å². The molecular weight excluding hydrogens is 401 g/mol. The first-order chi connectivity index (χ1) is 13.6. The van der Waals surface area contributed by atoms with E-state index in [9.17, 15) is 9.18 Å². The summed E-state index contributed by atoms with van der Waals surface area (Å²) in [4.78, 5) is 20.7. The third-order valence-corrected chi connectivity index (χ3v) is 5.12. The Labute approximate surface area is 168 Å². The summed E-state index contributed by atoms with van der Waals surface area (Å²) < 4.78 is 15.5. The highest BCUT2D eigenvalue weighted by molar-refractivity contribution is 8.00. The van der Waals surface area contributed by atoms with Gasteiger partial charge in [0.15, 0.2) is 5.65 Å². The van der Waals surface area contributed by atoms with Gasteiger partial charge in [-0.2, -0.15) is 5.10 Å². The van der Waals surface area contributed by atoms with Gasteiger partial charge in [0.1, 0.15) is 17.2 Å². The molecule has 6 nitrogen and oxygen atoms in total. The molecule has 0 aliphatic rings. The first-order valence-corrected chi connectivity index (χ1v) is 9.60. The Kier molecular flexibility index (Phi) is 5.23. The number of anilines is 1. The van der Waals surface area contributed by atoms with Crippen molar-refractivity contribution in [3.8, 4) is 5.69 Å². The van der Waals surface area contributed by atoms with Gasteiger partial charge in [-0.1, -0.05) is 41.6 Å². The van der Waals surface area contributed by atoms with E-state index < -0.39 is 5.82 Å². The molecular formula is C19H13ClFN5OS. The fraction of sp³-hybridized carbons (Fsp3) is 0.0526. The van der Waals surface area contributed by atoms with E-state index in [2.05, 4.69) is 20.4 Å². The number of thioether (sulfide) groups is 1. The molecule has 2 heterocycles. The van der Waals surface area contributed by atoms with Gasteiger partial charge in [0.2, 0.25) is 5.91 Å². The number of benzene rings is 2. The maximum atomic E-state index is 13.8. The number of rotatable bonds is 5. The van der Waals surface area contributed by atoms with Crippen LogP contribution in [0.25, 0.3) is 16.7 Å². The molecule has 1 N–H and O–H groups in total. The lowest BCUT2D eigenvalue weighted by Gasteiger charge is -2.07. The highest BCUT2D eigenvalue weighted by atomic mass is 35.5. The topological polar surface area (TPSA) is 72.7 Å². The molecule has 0 saturated heterocycles. The maximum absolute atomic E-state index is 13.8. The van der Waals surface area contributed by atoms with Crippen LogP contribution in [-0.4, -0.2) is 31.4 Å². The molecule has 0 fully saturated rings. The molecule has 4 rings (SSSR count). The van der Waals surface area contributed by atoms with Gasteiger partial charge in [-0.15, -0.1) is 0 Å². The van der Waals surface area contributed by atoms with E-state index in [1.165, 1.54) is 30.2 Å². The minimum absolute atomic E-state index is 0.0602. The molecule has 140 valence electrons. The van der Waals surface area contributed by atoms with Crippen LogP contribution >= 0.6 is 23.4 Å². The largest absolute Gasteiger partial charge is 0.323 e. The first kappa shape index (κ1) is 18.4. The van der Waals surface area contributed by atoms with Gasteiger partial charge in [-0.25, -0.2) is 19.0 Å². The Bertz CT molecular complexity index is 1150. The van der Waals surface area contributed by atoms with Crippen LogP contribution in [0.3, 0.4) is 0 Å². The van der Waals surface area contributed by atoms with E-state index in [-0.39, 0.29) is 22.4 Å². The third-order valence-electron chi connectivity index (χ3n) is 3.88. The van der Waals surface area contributed by atoms with E-state index in [1.807, 2.05) is 30.3 Å². The molecule has 0 radical (unpaired) electrons.